The van der Waals surface area contributed by atoms with E-state index < -0.39 is 0 Å². The molecule has 0 spiro atoms. The summed E-state index contributed by atoms with van der Waals surface area (Å²) in [7, 11) is 0. The van der Waals surface area contributed by atoms with E-state index in [0.717, 1.165) is 22.0 Å². The van der Waals surface area contributed by atoms with E-state index in [1.165, 1.54) is 0 Å². The summed E-state index contributed by atoms with van der Waals surface area (Å²) in [5.41, 5.74) is 3.79. The van der Waals surface area contributed by atoms with Gasteiger partial charge in [0.25, 0.3) is 11.5 Å². The monoisotopic (exact) mass is 387 g/mol. The first-order chi connectivity index (χ1) is 14.0. The van der Waals surface area contributed by atoms with Crippen LogP contribution < -0.4 is 5.56 Å². The third-order valence-corrected chi connectivity index (χ3v) is 4.87. The Kier molecular flexibility index (Phi) is 4.99. The number of nitrogens with one attached hydrogen (secondary N) is 1. The zero-order valence-corrected chi connectivity index (χ0v) is 16.3. The minimum atomic E-state index is -0.198. The summed E-state index contributed by atoms with van der Waals surface area (Å²) >= 11 is 0. The number of H-pyrrole nitrogens is 1. The van der Waals surface area contributed by atoms with Gasteiger partial charge in [-0.2, -0.15) is 0 Å². The number of benzene rings is 1. The number of fused-ring (bicyclic) bond motifs is 1. The summed E-state index contributed by atoms with van der Waals surface area (Å²) in [5, 5.41) is 0.950. The Morgan fingerprint density at radius 1 is 1.10 bits per heavy atom. The average molecular weight is 387 g/mol. The molecule has 6 nitrogen and oxygen atoms in total. The molecule has 1 N–H and O–H groups in total. The number of furan rings is 1. The molecule has 4 aromatic rings. The number of hydrogen-bond acceptors (Lipinski definition) is 4. The van der Waals surface area contributed by atoms with Gasteiger partial charge in [-0.15, -0.1) is 0 Å². The highest BCUT2D eigenvalue weighted by molar-refractivity contribution is 5.94. The summed E-state index contributed by atoms with van der Waals surface area (Å²) in [4.78, 5) is 34.4. The first kappa shape index (κ1) is 18.7. The smallest absolute Gasteiger partial charge is 0.254 e. The van der Waals surface area contributed by atoms with Crippen LogP contribution in [0, 0.1) is 13.8 Å². The maximum Gasteiger partial charge on any atom is 0.254 e. The number of hydrogen-bond donors (Lipinski definition) is 1. The highest BCUT2D eigenvalue weighted by Gasteiger charge is 2.19. The van der Waals surface area contributed by atoms with Crippen molar-refractivity contribution in [2.45, 2.75) is 26.9 Å². The maximum absolute atomic E-state index is 13.1. The normalized spacial score (nSPS) is 11.0. The highest BCUT2D eigenvalue weighted by atomic mass is 16.3. The molecule has 0 atom stereocenters. The topological polar surface area (TPSA) is 79.2 Å². The van der Waals surface area contributed by atoms with E-state index in [1.807, 2.05) is 38.1 Å². The van der Waals surface area contributed by atoms with Crippen molar-refractivity contribution >= 4 is 16.8 Å². The van der Waals surface area contributed by atoms with Crippen molar-refractivity contribution < 1.29 is 9.21 Å². The fraction of sp³-hybridized carbons (Fsp3) is 0.174. The summed E-state index contributed by atoms with van der Waals surface area (Å²) in [5.74, 6) is 0.458. The third-order valence-electron chi connectivity index (χ3n) is 4.87. The molecule has 29 heavy (non-hydrogen) atoms. The van der Waals surface area contributed by atoms with Gasteiger partial charge < -0.3 is 14.3 Å². The molecule has 0 fully saturated rings. The van der Waals surface area contributed by atoms with E-state index >= 15 is 0 Å². The van der Waals surface area contributed by atoms with Crippen LogP contribution in [0.25, 0.3) is 10.9 Å². The quantitative estimate of drug-likeness (QED) is 0.562. The van der Waals surface area contributed by atoms with Gasteiger partial charge in [-0.25, -0.2) is 0 Å². The number of aromatic nitrogens is 2. The van der Waals surface area contributed by atoms with Crippen molar-refractivity contribution in [3.8, 4) is 0 Å². The van der Waals surface area contributed by atoms with Crippen LogP contribution in [0.2, 0.25) is 0 Å². The van der Waals surface area contributed by atoms with E-state index in [9.17, 15) is 9.59 Å². The van der Waals surface area contributed by atoms with Crippen LogP contribution in [0.15, 0.2) is 70.3 Å². The Balaban J connectivity index is 1.73. The van der Waals surface area contributed by atoms with Crippen molar-refractivity contribution in [2.24, 2.45) is 0 Å². The second kappa shape index (κ2) is 7.75. The second-order valence-corrected chi connectivity index (χ2v) is 7.15. The SMILES string of the molecule is Cc1cc(C)c2[nH]c(=O)c(CN(Cc3ccco3)C(=O)c3ccncc3)cc2c1. The average Bonchev–Trinajstić information content (AvgIpc) is 3.22. The standard InChI is InChI=1S/C23H21N3O3/c1-15-10-16(2)21-18(11-15)12-19(22(27)25-21)13-26(14-20-4-3-9-29-20)23(28)17-5-7-24-8-6-17/h3-12H,13-14H2,1-2H3,(H,25,27). The van der Waals surface area contributed by atoms with Gasteiger partial charge in [0.05, 0.1) is 24.9 Å². The molecule has 3 heterocycles. The first-order valence-corrected chi connectivity index (χ1v) is 9.36. The van der Waals surface area contributed by atoms with Gasteiger partial charge in [-0.05, 0) is 61.2 Å². The summed E-state index contributed by atoms with van der Waals surface area (Å²) in [6.07, 6.45) is 4.72. The van der Waals surface area contributed by atoms with Crippen LogP contribution in [0.1, 0.15) is 32.8 Å². The van der Waals surface area contributed by atoms with Crippen molar-refractivity contribution in [2.75, 3.05) is 0 Å². The zero-order valence-electron chi connectivity index (χ0n) is 16.3. The molecule has 0 aliphatic carbocycles. The van der Waals surface area contributed by atoms with Gasteiger partial charge in [-0.3, -0.25) is 14.6 Å². The molecule has 0 radical (unpaired) electrons. The van der Waals surface area contributed by atoms with Crippen LogP contribution in [-0.4, -0.2) is 20.8 Å². The molecular formula is C23H21N3O3. The molecule has 0 unspecified atom stereocenters. The van der Waals surface area contributed by atoms with Crippen molar-refractivity contribution in [3.05, 3.63) is 99.5 Å². The Morgan fingerprint density at radius 3 is 2.62 bits per heavy atom. The molecule has 3 aromatic heterocycles. The number of nitrogens with zero attached hydrogens (tertiary/aromatic N) is 2. The molecule has 4 rings (SSSR count). The number of rotatable bonds is 5. The summed E-state index contributed by atoms with van der Waals surface area (Å²) < 4.78 is 5.43. The number of aryl methyl sites for hydroxylation is 2. The van der Waals surface area contributed by atoms with Gasteiger partial charge in [0.1, 0.15) is 5.76 Å². The third kappa shape index (κ3) is 3.96. The van der Waals surface area contributed by atoms with Gasteiger partial charge in [0, 0.05) is 23.5 Å². The Hall–Kier alpha value is -3.67. The Morgan fingerprint density at radius 2 is 1.90 bits per heavy atom. The lowest BCUT2D eigenvalue weighted by Gasteiger charge is -2.22. The minimum Gasteiger partial charge on any atom is -0.467 e. The summed E-state index contributed by atoms with van der Waals surface area (Å²) in [6.45, 7) is 4.42. The number of aromatic amines is 1. The molecule has 0 bridgehead atoms. The molecular weight excluding hydrogens is 366 g/mol. The lowest BCUT2D eigenvalue weighted by molar-refractivity contribution is 0.0717. The molecule has 0 saturated carbocycles. The number of amides is 1. The lowest BCUT2D eigenvalue weighted by Crippen LogP contribution is -2.32. The van der Waals surface area contributed by atoms with E-state index in [2.05, 4.69) is 9.97 Å². The predicted molar refractivity (Wildman–Crippen MR) is 111 cm³/mol. The fourth-order valence-corrected chi connectivity index (χ4v) is 3.52. The number of pyridine rings is 2. The summed E-state index contributed by atoms with van der Waals surface area (Å²) in [6, 6.07) is 12.8. The molecule has 1 aromatic carbocycles. The first-order valence-electron chi connectivity index (χ1n) is 9.36. The van der Waals surface area contributed by atoms with Crippen molar-refractivity contribution in [3.63, 3.8) is 0 Å². The molecule has 0 aliphatic rings. The molecule has 0 aliphatic heterocycles. The van der Waals surface area contributed by atoms with E-state index in [1.54, 1.807) is 41.8 Å². The van der Waals surface area contributed by atoms with E-state index in [-0.39, 0.29) is 24.6 Å². The number of carbonyl (C=O) groups excluding carboxylic acids is 1. The van der Waals surface area contributed by atoms with Gasteiger partial charge >= 0.3 is 0 Å². The second-order valence-electron chi connectivity index (χ2n) is 7.15. The van der Waals surface area contributed by atoms with Gasteiger partial charge in [0.15, 0.2) is 0 Å². The largest absolute Gasteiger partial charge is 0.467 e. The van der Waals surface area contributed by atoms with E-state index in [4.69, 9.17) is 4.42 Å². The van der Waals surface area contributed by atoms with Crippen molar-refractivity contribution in [1.29, 1.82) is 0 Å². The van der Waals surface area contributed by atoms with Crippen LogP contribution in [0.4, 0.5) is 0 Å². The molecule has 1 amide bonds. The lowest BCUT2D eigenvalue weighted by atomic mass is 10.0. The molecule has 6 heteroatoms. The highest BCUT2D eigenvalue weighted by Crippen LogP contribution is 2.20. The van der Waals surface area contributed by atoms with Gasteiger partial charge in [-0.1, -0.05) is 11.6 Å². The zero-order chi connectivity index (χ0) is 20.4. The Labute approximate surface area is 167 Å². The van der Waals surface area contributed by atoms with Crippen molar-refractivity contribution in [1.82, 2.24) is 14.9 Å². The number of carbonyl (C=O) groups is 1. The minimum absolute atomic E-state index is 0.167. The van der Waals surface area contributed by atoms with Crippen LogP contribution >= 0.6 is 0 Å². The predicted octanol–water partition coefficient (Wildman–Crippen LogP) is 3.98. The van der Waals surface area contributed by atoms with E-state index in [0.29, 0.717) is 16.9 Å². The maximum atomic E-state index is 13.1. The fourth-order valence-electron chi connectivity index (χ4n) is 3.52. The molecule has 0 saturated heterocycles. The van der Waals surface area contributed by atoms with Crippen LogP contribution in [-0.2, 0) is 13.1 Å². The van der Waals surface area contributed by atoms with Crippen LogP contribution in [0.5, 0.6) is 0 Å². The Bertz CT molecular complexity index is 1210. The van der Waals surface area contributed by atoms with Gasteiger partial charge in [0.2, 0.25) is 0 Å². The van der Waals surface area contributed by atoms with Crippen LogP contribution in [0.3, 0.4) is 0 Å². The molecule has 146 valence electrons.